The van der Waals surface area contributed by atoms with Gasteiger partial charge in [0.2, 0.25) is 5.91 Å². The molecule has 0 radical (unpaired) electrons. The number of rotatable bonds is 2. The normalized spacial score (nSPS) is 20.6. The summed E-state index contributed by atoms with van der Waals surface area (Å²) in [6, 6.07) is 10.6. The van der Waals surface area contributed by atoms with E-state index in [1.54, 1.807) is 0 Å². The van der Waals surface area contributed by atoms with Gasteiger partial charge >= 0.3 is 0 Å². The lowest BCUT2D eigenvalue weighted by atomic mass is 10.0. The SMILES string of the molecule is CC(C)(Br)C(=O)N1CCCC1c1ccccc1. The van der Waals surface area contributed by atoms with E-state index >= 15 is 0 Å². The van der Waals surface area contributed by atoms with Crippen molar-refractivity contribution in [3.05, 3.63) is 35.9 Å². The minimum atomic E-state index is -0.468. The summed E-state index contributed by atoms with van der Waals surface area (Å²) in [4.78, 5) is 14.3. The van der Waals surface area contributed by atoms with Crippen LogP contribution < -0.4 is 0 Å². The zero-order chi connectivity index (χ0) is 12.5. The van der Waals surface area contributed by atoms with Crippen molar-refractivity contribution in [2.75, 3.05) is 6.54 Å². The number of likely N-dealkylation sites (tertiary alicyclic amines) is 1. The van der Waals surface area contributed by atoms with Gasteiger partial charge in [-0.3, -0.25) is 4.79 Å². The van der Waals surface area contributed by atoms with Crippen LogP contribution in [0, 0.1) is 0 Å². The number of halogens is 1. The van der Waals surface area contributed by atoms with Crippen LogP contribution in [0.3, 0.4) is 0 Å². The van der Waals surface area contributed by atoms with Crippen LogP contribution in [-0.2, 0) is 4.79 Å². The first-order valence-corrected chi connectivity index (χ1v) is 6.84. The maximum Gasteiger partial charge on any atom is 0.239 e. The van der Waals surface area contributed by atoms with Crippen molar-refractivity contribution in [3.63, 3.8) is 0 Å². The molecule has 0 bridgehead atoms. The van der Waals surface area contributed by atoms with E-state index in [-0.39, 0.29) is 11.9 Å². The van der Waals surface area contributed by atoms with Crippen LogP contribution in [0.15, 0.2) is 30.3 Å². The second-order valence-corrected chi connectivity index (χ2v) is 7.02. The lowest BCUT2D eigenvalue weighted by Gasteiger charge is -2.30. The molecule has 17 heavy (non-hydrogen) atoms. The average molecular weight is 296 g/mol. The molecule has 0 N–H and O–H groups in total. The Kier molecular flexibility index (Phi) is 3.57. The lowest BCUT2D eigenvalue weighted by molar-refractivity contribution is -0.133. The molecule has 1 aliphatic heterocycles. The molecular weight excluding hydrogens is 278 g/mol. The minimum Gasteiger partial charge on any atom is -0.334 e. The Hall–Kier alpha value is -0.830. The number of hydrogen-bond donors (Lipinski definition) is 0. The number of alkyl halides is 1. The summed E-state index contributed by atoms with van der Waals surface area (Å²) < 4.78 is -0.468. The predicted octanol–water partition coefficient (Wildman–Crippen LogP) is 3.52. The van der Waals surface area contributed by atoms with E-state index in [1.807, 2.05) is 36.9 Å². The third kappa shape index (κ3) is 2.71. The lowest BCUT2D eigenvalue weighted by Crippen LogP contribution is -2.41. The molecule has 1 aliphatic rings. The number of carbonyl (C=O) groups is 1. The first-order valence-electron chi connectivity index (χ1n) is 6.05. The van der Waals surface area contributed by atoms with E-state index in [2.05, 4.69) is 28.1 Å². The minimum absolute atomic E-state index is 0.184. The second kappa shape index (κ2) is 4.81. The summed E-state index contributed by atoms with van der Waals surface area (Å²) in [7, 11) is 0. The Morgan fingerprint density at radius 2 is 2.00 bits per heavy atom. The van der Waals surface area contributed by atoms with E-state index in [0.717, 1.165) is 19.4 Å². The fraction of sp³-hybridized carbons (Fsp3) is 0.500. The summed E-state index contributed by atoms with van der Waals surface area (Å²) in [5, 5.41) is 0. The van der Waals surface area contributed by atoms with Crippen LogP contribution >= 0.6 is 15.9 Å². The van der Waals surface area contributed by atoms with Gasteiger partial charge in [-0.25, -0.2) is 0 Å². The Bertz CT molecular complexity index is 396. The highest BCUT2D eigenvalue weighted by molar-refractivity contribution is 9.10. The molecule has 1 atom stereocenters. The quantitative estimate of drug-likeness (QED) is 0.765. The fourth-order valence-electron chi connectivity index (χ4n) is 2.37. The van der Waals surface area contributed by atoms with E-state index in [0.29, 0.717) is 0 Å². The maximum atomic E-state index is 12.3. The largest absolute Gasteiger partial charge is 0.334 e. The molecule has 1 unspecified atom stereocenters. The molecule has 1 aromatic carbocycles. The van der Waals surface area contributed by atoms with Gasteiger partial charge in [0, 0.05) is 6.54 Å². The standard InChI is InChI=1S/C14H18BrNO/c1-14(2,15)13(17)16-10-6-9-12(16)11-7-4-3-5-8-11/h3-5,7-8,12H,6,9-10H2,1-2H3. The molecule has 0 saturated carbocycles. The molecule has 0 spiro atoms. The summed E-state index contributed by atoms with van der Waals surface area (Å²) in [6.07, 6.45) is 2.16. The Morgan fingerprint density at radius 1 is 1.35 bits per heavy atom. The summed E-state index contributed by atoms with van der Waals surface area (Å²) >= 11 is 3.46. The van der Waals surface area contributed by atoms with Gasteiger partial charge in [-0.05, 0) is 32.3 Å². The molecule has 92 valence electrons. The number of amides is 1. The highest BCUT2D eigenvalue weighted by Crippen LogP contribution is 2.35. The van der Waals surface area contributed by atoms with Crippen LogP contribution in [0.25, 0.3) is 0 Å². The average Bonchev–Trinajstić information content (AvgIpc) is 2.76. The number of benzene rings is 1. The first-order chi connectivity index (χ1) is 8.00. The summed E-state index contributed by atoms with van der Waals surface area (Å²) in [5.74, 6) is 0.184. The molecule has 2 rings (SSSR count). The molecule has 1 amide bonds. The van der Waals surface area contributed by atoms with Crippen molar-refractivity contribution in [1.29, 1.82) is 0 Å². The van der Waals surface area contributed by atoms with Crippen LogP contribution in [0.5, 0.6) is 0 Å². The zero-order valence-electron chi connectivity index (χ0n) is 10.3. The van der Waals surface area contributed by atoms with E-state index in [1.165, 1.54) is 5.56 Å². The molecule has 0 aromatic heterocycles. The van der Waals surface area contributed by atoms with Crippen molar-refractivity contribution in [3.8, 4) is 0 Å². The molecular formula is C14H18BrNO. The molecule has 1 fully saturated rings. The Morgan fingerprint density at radius 3 is 2.59 bits per heavy atom. The molecule has 1 aromatic rings. The first kappa shape index (κ1) is 12.6. The Labute approximate surface area is 111 Å². The molecule has 3 heteroatoms. The third-order valence-corrected chi connectivity index (χ3v) is 3.55. The number of carbonyl (C=O) groups excluding carboxylic acids is 1. The maximum absolute atomic E-state index is 12.3. The molecule has 2 nitrogen and oxygen atoms in total. The van der Waals surface area contributed by atoms with Crippen molar-refractivity contribution >= 4 is 21.8 Å². The van der Waals surface area contributed by atoms with Crippen LogP contribution in [0.1, 0.15) is 38.3 Å². The topological polar surface area (TPSA) is 20.3 Å². The van der Waals surface area contributed by atoms with Crippen LogP contribution in [0.2, 0.25) is 0 Å². The van der Waals surface area contributed by atoms with E-state index in [4.69, 9.17) is 0 Å². The molecule has 0 aliphatic carbocycles. The Balaban J connectivity index is 2.22. The van der Waals surface area contributed by atoms with Gasteiger partial charge in [-0.15, -0.1) is 0 Å². The van der Waals surface area contributed by atoms with E-state index in [9.17, 15) is 4.79 Å². The predicted molar refractivity (Wildman–Crippen MR) is 73.1 cm³/mol. The highest BCUT2D eigenvalue weighted by atomic mass is 79.9. The van der Waals surface area contributed by atoms with Crippen LogP contribution in [-0.4, -0.2) is 21.7 Å². The van der Waals surface area contributed by atoms with Crippen molar-refractivity contribution in [2.24, 2.45) is 0 Å². The van der Waals surface area contributed by atoms with Gasteiger partial charge in [0.25, 0.3) is 0 Å². The van der Waals surface area contributed by atoms with Gasteiger partial charge in [0.05, 0.1) is 10.4 Å². The fourth-order valence-corrected chi connectivity index (χ4v) is 2.60. The van der Waals surface area contributed by atoms with Crippen LogP contribution in [0.4, 0.5) is 0 Å². The highest BCUT2D eigenvalue weighted by Gasteiger charge is 2.36. The van der Waals surface area contributed by atoms with Gasteiger partial charge in [-0.1, -0.05) is 46.3 Å². The molecule has 1 heterocycles. The smallest absolute Gasteiger partial charge is 0.239 e. The third-order valence-electron chi connectivity index (χ3n) is 3.21. The zero-order valence-corrected chi connectivity index (χ0v) is 11.9. The van der Waals surface area contributed by atoms with Gasteiger partial charge < -0.3 is 4.90 Å². The number of nitrogens with zero attached hydrogens (tertiary/aromatic N) is 1. The van der Waals surface area contributed by atoms with Crippen molar-refractivity contribution < 1.29 is 4.79 Å². The monoisotopic (exact) mass is 295 g/mol. The van der Waals surface area contributed by atoms with Gasteiger partial charge in [0.15, 0.2) is 0 Å². The van der Waals surface area contributed by atoms with Crippen molar-refractivity contribution in [1.82, 2.24) is 4.90 Å². The summed E-state index contributed by atoms with van der Waals surface area (Å²) in [5.41, 5.74) is 1.25. The summed E-state index contributed by atoms with van der Waals surface area (Å²) in [6.45, 7) is 4.69. The van der Waals surface area contributed by atoms with Gasteiger partial charge in [-0.2, -0.15) is 0 Å². The molecule has 1 saturated heterocycles. The van der Waals surface area contributed by atoms with Gasteiger partial charge in [0.1, 0.15) is 0 Å². The van der Waals surface area contributed by atoms with E-state index < -0.39 is 4.32 Å². The van der Waals surface area contributed by atoms with Crippen molar-refractivity contribution in [2.45, 2.75) is 37.1 Å². The number of hydrogen-bond acceptors (Lipinski definition) is 1. The second-order valence-electron chi connectivity index (χ2n) is 5.04.